The lowest BCUT2D eigenvalue weighted by atomic mass is 10.4. The Morgan fingerprint density at radius 2 is 2.38 bits per heavy atom. The van der Waals surface area contributed by atoms with Gasteiger partial charge in [-0.2, -0.15) is 0 Å². The molecule has 0 radical (unpaired) electrons. The molecule has 0 unspecified atom stereocenters. The predicted octanol–water partition coefficient (Wildman–Crippen LogP) is -1.41. The van der Waals surface area contributed by atoms with Gasteiger partial charge in [-0.15, -0.1) is 0 Å². The van der Waals surface area contributed by atoms with Gasteiger partial charge in [0.2, 0.25) is 5.91 Å². The summed E-state index contributed by atoms with van der Waals surface area (Å²) >= 11 is 0. The highest BCUT2D eigenvalue weighted by molar-refractivity contribution is 5.81. The number of nitrogens with two attached hydrogens (primary N) is 1. The van der Waals surface area contributed by atoms with Crippen molar-refractivity contribution in [2.45, 2.75) is 0 Å². The monoisotopic (exact) mass is 183 g/mol. The van der Waals surface area contributed by atoms with Crippen molar-refractivity contribution in [1.29, 1.82) is 0 Å². The number of piperazine rings is 1. The van der Waals surface area contributed by atoms with E-state index in [0.29, 0.717) is 19.1 Å². The quantitative estimate of drug-likeness (QED) is 0.555. The van der Waals surface area contributed by atoms with Crippen molar-refractivity contribution in [1.82, 2.24) is 15.5 Å². The molecule has 1 amide bonds. The molecule has 70 valence electrons. The summed E-state index contributed by atoms with van der Waals surface area (Å²) in [6.45, 7) is 1.48. The van der Waals surface area contributed by atoms with Crippen molar-refractivity contribution in [3.05, 3.63) is 0 Å². The molecule has 7 nitrogen and oxygen atoms in total. The number of hydrogen-bond donors (Lipinski definition) is 2. The topological polar surface area (TPSA) is 97.3 Å². The summed E-state index contributed by atoms with van der Waals surface area (Å²) in [6.07, 6.45) is 0. The highest BCUT2D eigenvalue weighted by atomic mass is 16.4. The third-order valence-electron chi connectivity index (χ3n) is 1.74. The predicted molar refractivity (Wildman–Crippen MR) is 43.9 cm³/mol. The SMILES string of the molecule is Nc1nnc(N2CCNC(=O)C2)o1. The maximum absolute atomic E-state index is 11.0. The van der Waals surface area contributed by atoms with E-state index in [1.165, 1.54) is 0 Å². The summed E-state index contributed by atoms with van der Waals surface area (Å²) in [4.78, 5) is 12.7. The van der Waals surface area contributed by atoms with Gasteiger partial charge in [-0.05, 0) is 0 Å². The molecule has 2 heterocycles. The first-order valence-corrected chi connectivity index (χ1v) is 3.86. The third-order valence-corrected chi connectivity index (χ3v) is 1.74. The molecular weight excluding hydrogens is 174 g/mol. The molecule has 3 N–H and O–H groups in total. The summed E-state index contributed by atoms with van der Waals surface area (Å²) < 4.78 is 4.97. The van der Waals surface area contributed by atoms with Crippen LogP contribution in [0.15, 0.2) is 4.42 Å². The van der Waals surface area contributed by atoms with Gasteiger partial charge in [-0.3, -0.25) is 4.79 Å². The van der Waals surface area contributed by atoms with Gasteiger partial charge in [0.15, 0.2) is 0 Å². The highest BCUT2D eigenvalue weighted by Gasteiger charge is 2.20. The minimum Gasteiger partial charge on any atom is -0.390 e. The van der Waals surface area contributed by atoms with E-state index in [4.69, 9.17) is 10.2 Å². The van der Waals surface area contributed by atoms with Gasteiger partial charge in [-0.1, -0.05) is 10.2 Å². The minimum atomic E-state index is -0.0528. The average Bonchev–Trinajstić information content (AvgIpc) is 2.52. The number of carbonyl (C=O) groups is 1. The van der Waals surface area contributed by atoms with Crippen molar-refractivity contribution >= 4 is 17.9 Å². The fourth-order valence-corrected chi connectivity index (χ4v) is 1.16. The minimum absolute atomic E-state index is 0.0148. The average molecular weight is 183 g/mol. The van der Waals surface area contributed by atoms with Gasteiger partial charge < -0.3 is 20.4 Å². The molecule has 1 aromatic rings. The van der Waals surface area contributed by atoms with Crippen LogP contribution in [0.4, 0.5) is 12.0 Å². The summed E-state index contributed by atoms with van der Waals surface area (Å²) in [5, 5.41) is 9.87. The summed E-state index contributed by atoms with van der Waals surface area (Å²) in [6, 6.07) is 0.313. The molecule has 1 fully saturated rings. The second-order valence-electron chi connectivity index (χ2n) is 2.69. The van der Waals surface area contributed by atoms with Crippen LogP contribution in [0.2, 0.25) is 0 Å². The van der Waals surface area contributed by atoms with Gasteiger partial charge in [-0.25, -0.2) is 0 Å². The zero-order valence-corrected chi connectivity index (χ0v) is 6.86. The largest absolute Gasteiger partial charge is 0.390 e. The van der Waals surface area contributed by atoms with E-state index < -0.39 is 0 Å². The fraction of sp³-hybridized carbons (Fsp3) is 0.500. The number of amides is 1. The summed E-state index contributed by atoms with van der Waals surface area (Å²) in [5.41, 5.74) is 5.25. The molecule has 0 atom stereocenters. The van der Waals surface area contributed by atoms with E-state index in [9.17, 15) is 4.79 Å². The van der Waals surface area contributed by atoms with Gasteiger partial charge in [0.05, 0.1) is 0 Å². The van der Waals surface area contributed by atoms with E-state index in [0.717, 1.165) is 0 Å². The van der Waals surface area contributed by atoms with Gasteiger partial charge in [0.25, 0.3) is 0 Å². The van der Waals surface area contributed by atoms with Crippen molar-refractivity contribution in [3.8, 4) is 0 Å². The lowest BCUT2D eigenvalue weighted by Gasteiger charge is -2.24. The van der Waals surface area contributed by atoms with Crippen LogP contribution in [0.25, 0.3) is 0 Å². The number of aromatic nitrogens is 2. The van der Waals surface area contributed by atoms with Crippen LogP contribution >= 0.6 is 0 Å². The van der Waals surface area contributed by atoms with Gasteiger partial charge >= 0.3 is 12.0 Å². The Kier molecular flexibility index (Phi) is 1.76. The molecule has 2 rings (SSSR count). The molecule has 0 saturated carbocycles. The Morgan fingerprint density at radius 3 is 3.00 bits per heavy atom. The number of rotatable bonds is 1. The first kappa shape index (κ1) is 7.84. The zero-order valence-electron chi connectivity index (χ0n) is 6.86. The molecule has 13 heavy (non-hydrogen) atoms. The fourth-order valence-electron chi connectivity index (χ4n) is 1.16. The number of nitrogens with one attached hydrogen (secondary N) is 1. The molecule has 0 aliphatic carbocycles. The smallest absolute Gasteiger partial charge is 0.320 e. The lowest BCUT2D eigenvalue weighted by Crippen LogP contribution is -2.47. The van der Waals surface area contributed by atoms with Crippen LogP contribution in [0.1, 0.15) is 0 Å². The number of hydrogen-bond acceptors (Lipinski definition) is 6. The number of nitrogens with zero attached hydrogens (tertiary/aromatic N) is 3. The van der Waals surface area contributed by atoms with Crippen molar-refractivity contribution in [3.63, 3.8) is 0 Å². The molecule has 0 bridgehead atoms. The van der Waals surface area contributed by atoms with E-state index in [1.54, 1.807) is 4.90 Å². The van der Waals surface area contributed by atoms with Crippen LogP contribution in [0.5, 0.6) is 0 Å². The van der Waals surface area contributed by atoms with E-state index in [1.807, 2.05) is 0 Å². The van der Waals surface area contributed by atoms with E-state index in [2.05, 4.69) is 15.5 Å². The third kappa shape index (κ3) is 1.53. The van der Waals surface area contributed by atoms with Crippen molar-refractivity contribution in [2.75, 3.05) is 30.3 Å². The van der Waals surface area contributed by atoms with Gasteiger partial charge in [0, 0.05) is 13.1 Å². The summed E-state index contributed by atoms with van der Waals surface area (Å²) in [7, 11) is 0. The first-order chi connectivity index (χ1) is 6.25. The highest BCUT2D eigenvalue weighted by Crippen LogP contribution is 2.13. The van der Waals surface area contributed by atoms with Gasteiger partial charge in [0.1, 0.15) is 6.54 Å². The molecule has 1 aliphatic heterocycles. The standard InChI is InChI=1S/C6H9N5O2/c7-5-9-10-6(13-5)11-2-1-8-4(12)3-11/h1-3H2,(H2,7,9)(H,8,12). The Labute approximate surface area is 73.9 Å². The Morgan fingerprint density at radius 1 is 1.54 bits per heavy atom. The second kappa shape index (κ2) is 2.92. The molecule has 1 aromatic heterocycles. The maximum Gasteiger partial charge on any atom is 0.320 e. The maximum atomic E-state index is 11.0. The van der Waals surface area contributed by atoms with Crippen LogP contribution < -0.4 is 16.0 Å². The Hall–Kier alpha value is -1.79. The zero-order chi connectivity index (χ0) is 9.26. The van der Waals surface area contributed by atoms with Crippen LogP contribution in [0, 0.1) is 0 Å². The normalized spacial score (nSPS) is 17.2. The van der Waals surface area contributed by atoms with Crippen molar-refractivity contribution < 1.29 is 9.21 Å². The Balaban J connectivity index is 2.12. The molecular formula is C6H9N5O2. The van der Waals surface area contributed by atoms with E-state index >= 15 is 0 Å². The molecule has 1 saturated heterocycles. The number of nitrogen functional groups attached to an aromatic ring is 1. The van der Waals surface area contributed by atoms with Crippen molar-refractivity contribution in [2.24, 2.45) is 0 Å². The van der Waals surface area contributed by atoms with E-state index in [-0.39, 0.29) is 18.5 Å². The van der Waals surface area contributed by atoms with Crippen LogP contribution in [0.3, 0.4) is 0 Å². The second-order valence-corrected chi connectivity index (χ2v) is 2.69. The Bertz CT molecular complexity index is 323. The lowest BCUT2D eigenvalue weighted by molar-refractivity contribution is -0.120. The van der Waals surface area contributed by atoms with Crippen LogP contribution in [-0.2, 0) is 4.79 Å². The molecule has 7 heteroatoms. The first-order valence-electron chi connectivity index (χ1n) is 3.86. The summed E-state index contributed by atoms with van der Waals surface area (Å²) in [5.74, 6) is -0.0528. The molecule has 0 spiro atoms. The number of carbonyl (C=O) groups excluding carboxylic acids is 1. The molecule has 0 aromatic carbocycles. The van der Waals surface area contributed by atoms with Crippen LogP contribution in [-0.4, -0.2) is 35.7 Å². The molecule has 1 aliphatic rings. The number of anilines is 2.